The largest absolute Gasteiger partial charge is 0.393 e. The Hall–Kier alpha value is 0.770. The molecule has 1 saturated carbocycles. The summed E-state index contributed by atoms with van der Waals surface area (Å²) in [6, 6.07) is 0. The van der Waals surface area contributed by atoms with Gasteiger partial charge in [0.25, 0.3) is 0 Å². The average molecular weight is 273 g/mol. The first-order chi connectivity index (χ1) is 6.89. The number of hydrogen-bond acceptors (Lipinski definition) is 5. The molecular formula is C7H16NO4PS2. The number of aliphatic hydroxyl groups excluding tert-OH is 1. The van der Waals surface area contributed by atoms with E-state index in [1.54, 1.807) is 0 Å². The molecule has 0 saturated heterocycles. The van der Waals surface area contributed by atoms with Crippen molar-refractivity contribution in [1.82, 2.24) is 0 Å². The summed E-state index contributed by atoms with van der Waals surface area (Å²) < 4.78 is 9.20. The predicted octanol–water partition coefficient (Wildman–Crippen LogP) is 1.09. The Morgan fingerprint density at radius 1 is 1.40 bits per heavy atom. The van der Waals surface area contributed by atoms with Crippen LogP contribution in [0.3, 0.4) is 0 Å². The van der Waals surface area contributed by atoms with Crippen molar-refractivity contribution in [1.29, 1.82) is 0 Å². The first-order valence-electron chi connectivity index (χ1n) is 4.69. The van der Waals surface area contributed by atoms with E-state index in [4.69, 9.17) is 20.6 Å². The molecule has 0 spiro atoms. The molecule has 1 aliphatic rings. The van der Waals surface area contributed by atoms with Gasteiger partial charge < -0.3 is 20.6 Å². The average Bonchev–Trinajstić information content (AvgIpc) is 2.64. The maximum Gasteiger partial charge on any atom is 0.358 e. The zero-order valence-electron chi connectivity index (χ0n) is 8.20. The van der Waals surface area contributed by atoms with Crippen LogP contribution in [0.2, 0.25) is 0 Å². The number of rotatable bonds is 5. The minimum atomic E-state index is -4.47. The van der Waals surface area contributed by atoms with Crippen LogP contribution in [-0.4, -0.2) is 31.4 Å². The van der Waals surface area contributed by atoms with Gasteiger partial charge in [-0.25, -0.2) is 0 Å². The summed E-state index contributed by atoms with van der Waals surface area (Å²) >= 11 is 0. The number of hydrogen-bond donors (Lipinski definition) is 4. The van der Waals surface area contributed by atoms with Crippen molar-refractivity contribution in [3.63, 3.8) is 0 Å². The highest BCUT2D eigenvalue weighted by Crippen LogP contribution is 2.58. The summed E-state index contributed by atoms with van der Waals surface area (Å²) in [6.45, 7) is -0.721. The molecule has 90 valence electrons. The van der Waals surface area contributed by atoms with Crippen LogP contribution in [0.5, 0.6) is 0 Å². The van der Waals surface area contributed by atoms with Crippen molar-refractivity contribution >= 4 is 29.2 Å². The number of aliphatic hydroxyl groups is 1. The summed E-state index contributed by atoms with van der Waals surface area (Å²) in [6.07, 6.45) is 4.43. The van der Waals surface area contributed by atoms with E-state index in [1.807, 2.05) is 0 Å². The highest BCUT2D eigenvalue weighted by Gasteiger charge is 2.44. The van der Waals surface area contributed by atoms with Crippen molar-refractivity contribution in [3.8, 4) is 0 Å². The molecule has 5 N–H and O–H groups in total. The van der Waals surface area contributed by atoms with Gasteiger partial charge in [0.2, 0.25) is 0 Å². The Morgan fingerprint density at radius 2 is 1.93 bits per heavy atom. The van der Waals surface area contributed by atoms with Gasteiger partial charge in [-0.1, -0.05) is 34.4 Å². The van der Waals surface area contributed by atoms with Crippen molar-refractivity contribution in [3.05, 3.63) is 0 Å². The molecule has 0 amide bonds. The minimum Gasteiger partial charge on any atom is -0.393 e. The lowest BCUT2D eigenvalue weighted by molar-refractivity contribution is 0.255. The van der Waals surface area contributed by atoms with Gasteiger partial charge >= 0.3 is 7.60 Å². The highest BCUT2D eigenvalue weighted by molar-refractivity contribution is 8.78. The standard InChI is InChI=1S/C7H16NO4PS2/c8-7(5-9,13(10,11)12)15-14-6-3-1-2-4-6/h6,9H,1-5,8H2,(H2,10,11,12). The van der Waals surface area contributed by atoms with Gasteiger partial charge in [-0.3, -0.25) is 4.57 Å². The first-order valence-corrected chi connectivity index (χ1v) is 8.51. The van der Waals surface area contributed by atoms with E-state index in [0.29, 0.717) is 5.25 Å². The van der Waals surface area contributed by atoms with Crippen LogP contribution in [0, 0.1) is 0 Å². The summed E-state index contributed by atoms with van der Waals surface area (Å²) in [4.78, 5) is 18.0. The normalized spacial score (nSPS) is 22.9. The third-order valence-electron chi connectivity index (χ3n) is 2.35. The first kappa shape index (κ1) is 13.8. The van der Waals surface area contributed by atoms with Crippen LogP contribution in [0.15, 0.2) is 0 Å². The van der Waals surface area contributed by atoms with Crippen LogP contribution < -0.4 is 5.73 Å². The van der Waals surface area contributed by atoms with Crippen molar-refractivity contribution in [2.24, 2.45) is 5.73 Å². The van der Waals surface area contributed by atoms with E-state index in [0.717, 1.165) is 36.5 Å². The van der Waals surface area contributed by atoms with E-state index in [1.165, 1.54) is 10.8 Å². The Labute approximate surface area is 96.8 Å². The molecule has 0 radical (unpaired) electrons. The summed E-state index contributed by atoms with van der Waals surface area (Å²) in [7, 11) is -2.18. The van der Waals surface area contributed by atoms with Gasteiger partial charge in [0, 0.05) is 5.25 Å². The monoisotopic (exact) mass is 273 g/mol. The van der Waals surface area contributed by atoms with E-state index >= 15 is 0 Å². The topological polar surface area (TPSA) is 104 Å². The maximum absolute atomic E-state index is 11.1. The van der Waals surface area contributed by atoms with Crippen LogP contribution in [0.25, 0.3) is 0 Å². The molecule has 1 unspecified atom stereocenters. The van der Waals surface area contributed by atoms with E-state index in [-0.39, 0.29) is 0 Å². The highest BCUT2D eigenvalue weighted by atomic mass is 33.1. The smallest absolute Gasteiger partial charge is 0.358 e. The molecule has 0 aromatic heterocycles. The molecule has 0 aliphatic heterocycles. The lowest BCUT2D eigenvalue weighted by Crippen LogP contribution is -2.39. The Balaban J connectivity index is 2.49. The molecule has 1 fully saturated rings. The van der Waals surface area contributed by atoms with Crippen LogP contribution in [0.4, 0.5) is 0 Å². The molecule has 15 heavy (non-hydrogen) atoms. The fourth-order valence-corrected chi connectivity index (χ4v) is 5.66. The molecule has 0 bridgehead atoms. The zero-order chi connectivity index (χ0) is 11.5. The van der Waals surface area contributed by atoms with Gasteiger partial charge in [0.05, 0.1) is 6.61 Å². The van der Waals surface area contributed by atoms with Crippen LogP contribution >= 0.6 is 29.2 Å². The van der Waals surface area contributed by atoms with Crippen molar-refractivity contribution in [2.45, 2.75) is 35.5 Å². The fourth-order valence-electron chi connectivity index (χ4n) is 1.30. The molecule has 5 nitrogen and oxygen atoms in total. The zero-order valence-corrected chi connectivity index (χ0v) is 10.7. The van der Waals surface area contributed by atoms with E-state index < -0.39 is 18.8 Å². The third-order valence-corrected chi connectivity index (χ3v) is 8.09. The molecule has 0 heterocycles. The molecule has 1 rings (SSSR count). The second kappa shape index (κ2) is 5.40. The molecule has 8 heteroatoms. The van der Waals surface area contributed by atoms with Crippen LogP contribution in [0.1, 0.15) is 25.7 Å². The molecule has 0 aromatic carbocycles. The Kier molecular flexibility index (Phi) is 4.98. The SMILES string of the molecule is NC(CO)(SSC1CCCC1)P(=O)(O)O. The molecular weight excluding hydrogens is 257 g/mol. The van der Waals surface area contributed by atoms with Gasteiger partial charge in [0.1, 0.15) is 0 Å². The summed E-state index contributed by atoms with van der Waals surface area (Å²) in [5.74, 6) is 0. The second-order valence-electron chi connectivity index (χ2n) is 3.63. The lowest BCUT2D eigenvalue weighted by Gasteiger charge is -2.27. The van der Waals surface area contributed by atoms with Crippen molar-refractivity contribution < 1.29 is 19.5 Å². The van der Waals surface area contributed by atoms with E-state index in [9.17, 15) is 4.57 Å². The van der Waals surface area contributed by atoms with Gasteiger partial charge in [-0.2, -0.15) is 0 Å². The lowest BCUT2D eigenvalue weighted by atomic mass is 10.4. The second-order valence-corrected chi connectivity index (χ2v) is 8.65. The summed E-state index contributed by atoms with van der Waals surface area (Å²) in [5.41, 5.74) is 5.48. The Morgan fingerprint density at radius 3 is 2.33 bits per heavy atom. The third kappa shape index (κ3) is 3.63. The molecule has 1 aliphatic carbocycles. The quantitative estimate of drug-likeness (QED) is 0.338. The van der Waals surface area contributed by atoms with Gasteiger partial charge in [-0.15, -0.1) is 0 Å². The molecule has 1 atom stereocenters. The number of nitrogens with two attached hydrogens (primary N) is 1. The predicted molar refractivity (Wildman–Crippen MR) is 63.5 cm³/mol. The van der Waals surface area contributed by atoms with Crippen LogP contribution in [-0.2, 0) is 4.57 Å². The van der Waals surface area contributed by atoms with Crippen molar-refractivity contribution in [2.75, 3.05) is 6.61 Å². The fraction of sp³-hybridized carbons (Fsp3) is 1.00. The molecule has 0 aromatic rings. The summed E-state index contributed by atoms with van der Waals surface area (Å²) in [5, 5.41) is 9.34. The van der Waals surface area contributed by atoms with Gasteiger partial charge in [-0.05, 0) is 12.8 Å². The van der Waals surface area contributed by atoms with Gasteiger partial charge in [0.15, 0.2) is 4.61 Å². The minimum absolute atomic E-state index is 0.399. The Bertz CT molecular complexity index is 255. The maximum atomic E-state index is 11.1. The van der Waals surface area contributed by atoms with E-state index in [2.05, 4.69) is 0 Å².